The van der Waals surface area contributed by atoms with E-state index in [2.05, 4.69) is 13.1 Å². The van der Waals surface area contributed by atoms with Crippen LogP contribution in [-0.4, -0.2) is 50.6 Å². The Labute approximate surface area is 124 Å². The van der Waals surface area contributed by atoms with E-state index in [0.29, 0.717) is 0 Å². The lowest BCUT2D eigenvalue weighted by atomic mass is 10.1. The molecule has 1 saturated heterocycles. The van der Waals surface area contributed by atoms with Crippen molar-refractivity contribution < 1.29 is 14.4 Å². The molecule has 4 heteroatoms. The summed E-state index contributed by atoms with van der Waals surface area (Å²) < 4.78 is 5.66. The van der Waals surface area contributed by atoms with Gasteiger partial charge in [0, 0.05) is 0 Å². The number of hydrogen-bond donors (Lipinski definition) is 1. The maximum absolute atomic E-state index is 12.1. The zero-order valence-corrected chi connectivity index (χ0v) is 12.3. The average molecular weight is 285 g/mol. The van der Waals surface area contributed by atoms with E-state index in [0.717, 1.165) is 37.3 Å². The predicted molar refractivity (Wildman–Crippen MR) is 82.6 cm³/mol. The number of ether oxygens (including phenoxy) is 1. The monoisotopic (exact) mass is 285 g/mol. The van der Waals surface area contributed by atoms with E-state index in [9.17, 15) is 4.79 Å². The molecule has 0 saturated carbocycles. The van der Waals surface area contributed by atoms with Crippen LogP contribution >= 0.6 is 0 Å². The number of likely N-dealkylation sites (N-methyl/N-ethyl adjacent to an activating group) is 1. The summed E-state index contributed by atoms with van der Waals surface area (Å²) >= 11 is 0. The number of rotatable bonds is 3. The van der Waals surface area contributed by atoms with E-state index in [1.807, 2.05) is 41.3 Å². The van der Waals surface area contributed by atoms with Gasteiger partial charge in [0.2, 0.25) is 0 Å². The molecule has 3 rings (SSSR count). The molecular formula is C17H21N2O2+. The van der Waals surface area contributed by atoms with Crippen LogP contribution in [0.1, 0.15) is 0 Å². The molecular weight excluding hydrogens is 264 g/mol. The van der Waals surface area contributed by atoms with Crippen molar-refractivity contribution in [3.8, 4) is 5.75 Å². The maximum atomic E-state index is 12.1. The van der Waals surface area contributed by atoms with Crippen molar-refractivity contribution in [2.24, 2.45) is 0 Å². The Morgan fingerprint density at radius 1 is 1.14 bits per heavy atom. The number of carbonyl (C=O) groups is 1. The number of quaternary nitrogens is 1. The number of piperazine rings is 1. The molecule has 0 atom stereocenters. The first-order valence-electron chi connectivity index (χ1n) is 7.43. The molecule has 1 fully saturated rings. The second-order valence-corrected chi connectivity index (χ2v) is 5.64. The molecule has 0 unspecified atom stereocenters. The second kappa shape index (κ2) is 6.14. The minimum atomic E-state index is 0.0793. The van der Waals surface area contributed by atoms with E-state index in [4.69, 9.17) is 4.74 Å². The number of nitrogens with zero attached hydrogens (tertiary/aromatic N) is 1. The standard InChI is InChI=1S/C17H20N2O2/c1-18-8-10-19(11-9-18)17(20)13-21-16-7-6-14-4-2-3-5-15(14)12-16/h2-7,12H,8-11,13H2,1H3/p+1. The fourth-order valence-corrected chi connectivity index (χ4v) is 2.63. The van der Waals surface area contributed by atoms with Crippen LogP contribution < -0.4 is 9.64 Å². The molecule has 0 aromatic heterocycles. The highest BCUT2D eigenvalue weighted by Gasteiger charge is 2.21. The van der Waals surface area contributed by atoms with Crippen molar-refractivity contribution >= 4 is 16.7 Å². The molecule has 0 radical (unpaired) electrons. The number of benzene rings is 2. The van der Waals surface area contributed by atoms with Gasteiger partial charge in [-0.15, -0.1) is 0 Å². The number of amides is 1. The van der Waals surface area contributed by atoms with E-state index in [-0.39, 0.29) is 12.5 Å². The topological polar surface area (TPSA) is 34.0 Å². The SMILES string of the molecule is C[NH+]1CCN(C(=O)COc2ccc3ccccc3c2)CC1. The molecule has 0 bridgehead atoms. The molecule has 1 aliphatic rings. The van der Waals surface area contributed by atoms with Crippen LogP contribution in [0.15, 0.2) is 42.5 Å². The van der Waals surface area contributed by atoms with Gasteiger partial charge in [-0.2, -0.15) is 0 Å². The molecule has 0 aliphatic carbocycles. The summed E-state index contributed by atoms with van der Waals surface area (Å²) in [7, 11) is 2.16. The highest BCUT2D eigenvalue weighted by atomic mass is 16.5. The van der Waals surface area contributed by atoms with Crippen LogP contribution in [0.25, 0.3) is 10.8 Å². The molecule has 2 aromatic carbocycles. The summed E-state index contributed by atoms with van der Waals surface area (Å²) in [5, 5.41) is 2.31. The summed E-state index contributed by atoms with van der Waals surface area (Å²) in [5.41, 5.74) is 0. The Morgan fingerprint density at radius 2 is 1.86 bits per heavy atom. The number of hydrogen-bond acceptors (Lipinski definition) is 2. The third-order valence-electron chi connectivity index (χ3n) is 4.05. The molecule has 1 N–H and O–H groups in total. The first-order chi connectivity index (χ1) is 10.2. The minimum Gasteiger partial charge on any atom is -0.484 e. The third kappa shape index (κ3) is 3.34. The largest absolute Gasteiger partial charge is 0.484 e. The van der Waals surface area contributed by atoms with Gasteiger partial charge in [0.15, 0.2) is 6.61 Å². The lowest BCUT2D eigenvalue weighted by molar-refractivity contribution is -0.883. The fraction of sp³-hybridized carbons (Fsp3) is 0.353. The summed E-state index contributed by atoms with van der Waals surface area (Å²) in [4.78, 5) is 15.5. The molecule has 110 valence electrons. The van der Waals surface area contributed by atoms with Gasteiger partial charge in [0.25, 0.3) is 5.91 Å². The number of nitrogens with one attached hydrogen (secondary N) is 1. The smallest absolute Gasteiger partial charge is 0.260 e. The molecule has 2 aromatic rings. The molecule has 21 heavy (non-hydrogen) atoms. The lowest BCUT2D eigenvalue weighted by Crippen LogP contribution is -3.12. The van der Waals surface area contributed by atoms with E-state index in [1.165, 1.54) is 10.3 Å². The molecule has 1 amide bonds. The highest BCUT2D eigenvalue weighted by Crippen LogP contribution is 2.20. The minimum absolute atomic E-state index is 0.0793. The first kappa shape index (κ1) is 13.9. The molecule has 4 nitrogen and oxygen atoms in total. The van der Waals surface area contributed by atoms with Crippen LogP contribution in [0, 0.1) is 0 Å². The highest BCUT2D eigenvalue weighted by molar-refractivity contribution is 5.84. The third-order valence-corrected chi connectivity index (χ3v) is 4.05. The Hall–Kier alpha value is -2.07. The second-order valence-electron chi connectivity index (χ2n) is 5.64. The van der Waals surface area contributed by atoms with Gasteiger partial charge in [-0.25, -0.2) is 0 Å². The Kier molecular flexibility index (Phi) is 4.06. The van der Waals surface area contributed by atoms with Crippen molar-refractivity contribution in [2.45, 2.75) is 0 Å². The van der Waals surface area contributed by atoms with Crippen molar-refractivity contribution in [1.82, 2.24) is 4.90 Å². The van der Waals surface area contributed by atoms with E-state index >= 15 is 0 Å². The molecule has 1 heterocycles. The lowest BCUT2D eigenvalue weighted by Gasteiger charge is -2.29. The summed E-state index contributed by atoms with van der Waals surface area (Å²) in [6, 6.07) is 14.1. The summed E-state index contributed by atoms with van der Waals surface area (Å²) in [6.07, 6.45) is 0. The van der Waals surface area contributed by atoms with Crippen LogP contribution in [0.2, 0.25) is 0 Å². The first-order valence-corrected chi connectivity index (χ1v) is 7.43. The molecule has 1 aliphatic heterocycles. The zero-order valence-electron chi connectivity index (χ0n) is 12.3. The zero-order chi connectivity index (χ0) is 14.7. The van der Waals surface area contributed by atoms with Crippen molar-refractivity contribution in [1.29, 1.82) is 0 Å². The Morgan fingerprint density at radius 3 is 2.62 bits per heavy atom. The average Bonchev–Trinajstić information content (AvgIpc) is 2.53. The normalized spacial score (nSPS) is 16.1. The van der Waals surface area contributed by atoms with Gasteiger partial charge in [-0.05, 0) is 22.9 Å². The van der Waals surface area contributed by atoms with E-state index in [1.54, 1.807) is 0 Å². The van der Waals surface area contributed by atoms with Gasteiger partial charge in [-0.1, -0.05) is 30.3 Å². The van der Waals surface area contributed by atoms with Crippen molar-refractivity contribution in [2.75, 3.05) is 39.8 Å². The van der Waals surface area contributed by atoms with Crippen LogP contribution in [0.3, 0.4) is 0 Å². The van der Waals surface area contributed by atoms with Gasteiger partial charge < -0.3 is 14.5 Å². The van der Waals surface area contributed by atoms with Gasteiger partial charge >= 0.3 is 0 Å². The van der Waals surface area contributed by atoms with Crippen LogP contribution in [0.5, 0.6) is 5.75 Å². The fourth-order valence-electron chi connectivity index (χ4n) is 2.63. The summed E-state index contributed by atoms with van der Waals surface area (Å²) in [6.45, 7) is 3.80. The van der Waals surface area contributed by atoms with Crippen LogP contribution in [-0.2, 0) is 4.79 Å². The maximum Gasteiger partial charge on any atom is 0.260 e. The van der Waals surface area contributed by atoms with E-state index < -0.39 is 0 Å². The van der Waals surface area contributed by atoms with Crippen molar-refractivity contribution in [3.63, 3.8) is 0 Å². The van der Waals surface area contributed by atoms with Crippen LogP contribution in [0.4, 0.5) is 0 Å². The Balaban J connectivity index is 1.59. The van der Waals surface area contributed by atoms with Gasteiger partial charge in [0.05, 0.1) is 33.2 Å². The Bertz CT molecular complexity index is 633. The van der Waals surface area contributed by atoms with Gasteiger partial charge in [-0.3, -0.25) is 4.79 Å². The van der Waals surface area contributed by atoms with Crippen molar-refractivity contribution in [3.05, 3.63) is 42.5 Å². The van der Waals surface area contributed by atoms with Gasteiger partial charge in [0.1, 0.15) is 5.75 Å². The summed E-state index contributed by atoms with van der Waals surface area (Å²) in [5.74, 6) is 0.831. The number of fused-ring (bicyclic) bond motifs is 1. The number of carbonyl (C=O) groups excluding carboxylic acids is 1. The molecule has 0 spiro atoms. The quantitative estimate of drug-likeness (QED) is 0.895. The predicted octanol–water partition coefficient (Wildman–Crippen LogP) is 0.576.